The minimum absolute atomic E-state index is 0.236. The molecule has 7 rings (SSSR count). The second-order valence-electron chi connectivity index (χ2n) is 9.30. The molecule has 1 fully saturated rings. The normalized spacial score (nSPS) is 19.1. The molecular weight excluding hydrogens is 412 g/mol. The lowest BCUT2D eigenvalue weighted by Gasteiger charge is -2.40. The maximum Gasteiger partial charge on any atom is 0.270 e. The molecule has 168 valence electrons. The molecule has 2 aliphatic heterocycles. The van der Waals surface area contributed by atoms with E-state index in [1.165, 1.54) is 24.1 Å². The molecule has 0 saturated heterocycles. The van der Waals surface area contributed by atoms with Crippen LogP contribution in [-0.4, -0.2) is 30.0 Å². The number of H-pyrrole nitrogens is 1. The topological polar surface area (TPSA) is 81.4 Å². The number of aromatic nitrogens is 6. The minimum Gasteiger partial charge on any atom is -0.283 e. The third-order valence-corrected chi connectivity index (χ3v) is 7.34. The molecule has 33 heavy (non-hydrogen) atoms. The predicted molar refractivity (Wildman–Crippen MR) is 127 cm³/mol. The molecule has 2 aromatic carbocycles. The Kier molecular flexibility index (Phi) is 4.97. The molecule has 4 heterocycles. The molecule has 0 radical (unpaired) electrons. The van der Waals surface area contributed by atoms with Gasteiger partial charge in [-0.2, -0.15) is 0 Å². The molecule has 7 heteroatoms. The third kappa shape index (κ3) is 3.34. The molecule has 1 N–H and O–H groups in total. The highest BCUT2D eigenvalue weighted by Gasteiger charge is 2.36. The van der Waals surface area contributed by atoms with E-state index in [9.17, 15) is 4.79 Å². The number of hydrogen-bond donors (Lipinski definition) is 1. The Labute approximate surface area is 192 Å². The first-order valence-corrected chi connectivity index (χ1v) is 12.0. The summed E-state index contributed by atoms with van der Waals surface area (Å²) in [6.07, 6.45) is 7.43. The van der Waals surface area contributed by atoms with Gasteiger partial charge in [-0.15, -0.1) is 5.10 Å². The average Bonchev–Trinajstić information content (AvgIpc) is 3.50. The van der Waals surface area contributed by atoms with E-state index >= 15 is 0 Å². The molecule has 0 unspecified atom stereocenters. The first-order chi connectivity index (χ1) is 16.2. The molecule has 7 nitrogen and oxygen atoms in total. The van der Waals surface area contributed by atoms with Crippen molar-refractivity contribution in [1.29, 1.82) is 0 Å². The maximum atomic E-state index is 13.5. The van der Waals surface area contributed by atoms with Gasteiger partial charge in [-0.1, -0.05) is 61.9 Å². The zero-order chi connectivity index (χ0) is 22.4. The smallest absolute Gasteiger partial charge is 0.270 e. The Bertz CT molecular complexity index is 1320. The summed E-state index contributed by atoms with van der Waals surface area (Å²) in [5.41, 5.74) is 6.81. The van der Waals surface area contributed by atoms with Crippen LogP contribution in [0.1, 0.15) is 67.9 Å². The van der Waals surface area contributed by atoms with E-state index in [0.29, 0.717) is 24.3 Å². The first kappa shape index (κ1) is 20.1. The molecule has 1 aliphatic carbocycles. The van der Waals surface area contributed by atoms with Gasteiger partial charge in [-0.25, -0.2) is 9.78 Å². The summed E-state index contributed by atoms with van der Waals surface area (Å²) in [6.45, 7) is 2.20. The molecule has 3 aliphatic rings. The number of hydrogen-bond acceptors (Lipinski definition) is 4. The second kappa shape index (κ2) is 8.14. The van der Waals surface area contributed by atoms with Crippen LogP contribution in [0.25, 0.3) is 22.5 Å². The van der Waals surface area contributed by atoms with Gasteiger partial charge in [0.05, 0.1) is 12.1 Å². The van der Waals surface area contributed by atoms with Crippen molar-refractivity contribution in [2.45, 2.75) is 64.0 Å². The highest BCUT2D eigenvalue weighted by Crippen LogP contribution is 2.42. The average molecular weight is 441 g/mol. The van der Waals surface area contributed by atoms with Crippen molar-refractivity contribution in [2.75, 3.05) is 0 Å². The van der Waals surface area contributed by atoms with Gasteiger partial charge in [-0.05, 0) is 59.2 Å². The van der Waals surface area contributed by atoms with E-state index in [0.717, 1.165) is 47.9 Å². The van der Waals surface area contributed by atoms with Crippen molar-refractivity contribution in [1.82, 2.24) is 30.0 Å². The summed E-state index contributed by atoms with van der Waals surface area (Å²) in [7, 11) is 0. The van der Waals surface area contributed by atoms with Gasteiger partial charge in [0, 0.05) is 23.2 Å². The van der Waals surface area contributed by atoms with E-state index < -0.39 is 0 Å². The number of rotatable bonds is 6. The second-order valence-corrected chi connectivity index (χ2v) is 9.30. The number of aromatic amines is 1. The lowest BCUT2D eigenvalue weighted by atomic mass is 9.89. The summed E-state index contributed by atoms with van der Waals surface area (Å²) in [4.78, 5) is 13.5. The van der Waals surface area contributed by atoms with Gasteiger partial charge in [0.2, 0.25) is 0 Å². The van der Waals surface area contributed by atoms with Crippen LogP contribution in [0, 0.1) is 0 Å². The fraction of sp³-hybridized carbons (Fsp3) is 0.385. The Balaban J connectivity index is 1.35. The monoisotopic (exact) mass is 440 g/mol. The summed E-state index contributed by atoms with van der Waals surface area (Å²) >= 11 is 0. The van der Waals surface area contributed by atoms with Gasteiger partial charge in [-0.3, -0.25) is 9.48 Å². The van der Waals surface area contributed by atoms with Gasteiger partial charge in [0.15, 0.2) is 5.82 Å². The number of fused-ring (bicyclic) bond motifs is 2. The van der Waals surface area contributed by atoms with E-state index in [-0.39, 0.29) is 5.56 Å². The number of benzene rings is 2. The lowest BCUT2D eigenvalue weighted by Crippen LogP contribution is -2.39. The standard InChI is InChI=1S/C26H28N6O/c1-2-5-24-23(26(33)32-20-14-12-19(13-15-20)31(24)32)16-17-8-10-18(11-9-17)21-6-3-4-7-22(21)25-27-29-30-28-25/h3-4,6-11,19-20H,2,5,12-16H2,1H3,(H,27,28,29,30). The van der Waals surface area contributed by atoms with E-state index in [1.54, 1.807) is 0 Å². The van der Waals surface area contributed by atoms with Crippen LogP contribution in [0.2, 0.25) is 0 Å². The Morgan fingerprint density at radius 1 is 0.939 bits per heavy atom. The van der Waals surface area contributed by atoms with Crippen molar-refractivity contribution < 1.29 is 0 Å². The summed E-state index contributed by atoms with van der Waals surface area (Å²) < 4.78 is 4.49. The van der Waals surface area contributed by atoms with Crippen molar-refractivity contribution in [3.8, 4) is 22.5 Å². The molecule has 0 atom stereocenters. The lowest BCUT2D eigenvalue weighted by molar-refractivity contribution is 0.136. The quantitative estimate of drug-likeness (QED) is 0.471. The fourth-order valence-electron chi connectivity index (χ4n) is 5.81. The van der Waals surface area contributed by atoms with Crippen LogP contribution in [0.4, 0.5) is 0 Å². The molecule has 0 amide bonds. The minimum atomic E-state index is 0.236. The van der Waals surface area contributed by atoms with Crippen molar-refractivity contribution in [2.24, 2.45) is 0 Å². The zero-order valence-corrected chi connectivity index (χ0v) is 18.9. The number of nitrogens with one attached hydrogen (secondary N) is 1. The van der Waals surface area contributed by atoms with Crippen molar-refractivity contribution in [3.63, 3.8) is 0 Å². The molecule has 2 aromatic heterocycles. The Morgan fingerprint density at radius 2 is 1.64 bits per heavy atom. The highest BCUT2D eigenvalue weighted by molar-refractivity contribution is 5.80. The molecule has 4 aromatic rings. The van der Waals surface area contributed by atoms with Crippen LogP contribution in [-0.2, 0) is 12.8 Å². The summed E-state index contributed by atoms with van der Waals surface area (Å²) in [5, 5.41) is 14.4. The molecular formula is C26H28N6O. The van der Waals surface area contributed by atoms with Crippen LogP contribution < -0.4 is 5.56 Å². The first-order valence-electron chi connectivity index (χ1n) is 12.0. The van der Waals surface area contributed by atoms with E-state index in [1.807, 2.05) is 18.2 Å². The number of nitrogens with zero attached hydrogens (tertiary/aromatic N) is 5. The van der Waals surface area contributed by atoms with Crippen molar-refractivity contribution in [3.05, 3.63) is 75.7 Å². The van der Waals surface area contributed by atoms with E-state index in [4.69, 9.17) is 0 Å². The van der Waals surface area contributed by atoms with Crippen LogP contribution in [0.15, 0.2) is 53.3 Å². The van der Waals surface area contributed by atoms with Crippen molar-refractivity contribution >= 4 is 0 Å². The van der Waals surface area contributed by atoms with E-state index in [2.05, 4.69) is 67.2 Å². The Hall–Kier alpha value is -3.48. The predicted octanol–water partition coefficient (Wildman–Crippen LogP) is 4.71. The van der Waals surface area contributed by atoms with Crippen LogP contribution in [0.3, 0.4) is 0 Å². The summed E-state index contributed by atoms with van der Waals surface area (Å²) in [5.74, 6) is 0.654. The SMILES string of the molecule is CCCc1c(Cc2ccc(-c3ccccc3-c3nnn[nH]3)cc2)c(=O)n2n1C1CCC2CC1. The van der Waals surface area contributed by atoms with Gasteiger partial charge >= 0.3 is 0 Å². The molecule has 0 spiro atoms. The molecule has 1 saturated carbocycles. The Morgan fingerprint density at radius 3 is 2.30 bits per heavy atom. The van der Waals surface area contributed by atoms with Gasteiger partial charge in [0.25, 0.3) is 5.56 Å². The largest absolute Gasteiger partial charge is 0.283 e. The summed E-state index contributed by atoms with van der Waals surface area (Å²) in [6, 6.07) is 17.6. The highest BCUT2D eigenvalue weighted by atomic mass is 16.1. The fourth-order valence-corrected chi connectivity index (χ4v) is 5.81. The maximum absolute atomic E-state index is 13.5. The van der Waals surface area contributed by atoms with Gasteiger partial charge in [0.1, 0.15) is 0 Å². The number of tetrazole rings is 1. The zero-order valence-electron chi connectivity index (χ0n) is 18.9. The third-order valence-electron chi connectivity index (χ3n) is 7.34. The van der Waals surface area contributed by atoms with Crippen LogP contribution >= 0.6 is 0 Å². The van der Waals surface area contributed by atoms with Crippen LogP contribution in [0.5, 0.6) is 0 Å². The van der Waals surface area contributed by atoms with Gasteiger partial charge < -0.3 is 0 Å². The molecule has 2 bridgehead atoms.